The molecular weight excluding hydrogens is 298 g/mol. The minimum Gasteiger partial charge on any atom is -0.354 e. The van der Waals surface area contributed by atoms with Crippen molar-refractivity contribution in [3.63, 3.8) is 0 Å². The molecule has 1 N–H and O–H groups in total. The fraction of sp³-hybridized carbons (Fsp3) is 0.375. The Morgan fingerprint density at radius 1 is 1.14 bits per heavy atom. The Bertz CT molecular complexity index is 653. The number of piperazine rings is 1. The summed E-state index contributed by atoms with van der Waals surface area (Å²) in [5.41, 5.74) is 1.95. The maximum atomic E-state index is 6.15. The van der Waals surface area contributed by atoms with Gasteiger partial charge in [0.25, 0.3) is 0 Å². The maximum Gasteiger partial charge on any atom is 0.229 e. The number of rotatable bonds is 3. The van der Waals surface area contributed by atoms with Crippen molar-refractivity contribution in [1.29, 1.82) is 0 Å². The molecule has 1 aromatic carbocycles. The van der Waals surface area contributed by atoms with Crippen LogP contribution in [-0.4, -0.2) is 48.1 Å². The summed E-state index contributed by atoms with van der Waals surface area (Å²) in [6, 6.07) is 7.81. The van der Waals surface area contributed by atoms with Gasteiger partial charge < -0.3 is 15.1 Å². The van der Waals surface area contributed by atoms with Crippen LogP contribution in [0.5, 0.6) is 0 Å². The third-order valence-corrected chi connectivity index (χ3v) is 4.30. The number of aromatic nitrogens is 2. The summed E-state index contributed by atoms with van der Waals surface area (Å²) < 4.78 is 0. The maximum absolute atomic E-state index is 6.15. The number of nitrogens with one attached hydrogen (secondary N) is 1. The highest BCUT2D eigenvalue weighted by molar-refractivity contribution is 6.31. The lowest BCUT2D eigenvalue weighted by atomic mass is 10.2. The number of hydrogen-bond donors (Lipinski definition) is 1. The first-order valence-electron chi connectivity index (χ1n) is 7.41. The van der Waals surface area contributed by atoms with Gasteiger partial charge >= 0.3 is 0 Å². The van der Waals surface area contributed by atoms with E-state index in [9.17, 15) is 0 Å². The van der Waals surface area contributed by atoms with Gasteiger partial charge in [0, 0.05) is 43.1 Å². The normalized spacial score (nSPS) is 15.9. The summed E-state index contributed by atoms with van der Waals surface area (Å²) in [6.07, 6.45) is 1.79. The topological polar surface area (TPSA) is 44.3 Å². The molecule has 1 aliphatic rings. The zero-order valence-corrected chi connectivity index (χ0v) is 13.6. The Balaban J connectivity index is 1.74. The highest BCUT2D eigenvalue weighted by Crippen LogP contribution is 2.22. The molecular formula is C16H20ClN5. The SMILES string of the molecule is Cc1ccc(Nc2nccc(N3CCN(C)CC3)n2)cc1Cl. The molecule has 1 aromatic heterocycles. The molecule has 0 radical (unpaired) electrons. The molecule has 6 heteroatoms. The molecule has 0 spiro atoms. The molecule has 2 heterocycles. The van der Waals surface area contributed by atoms with Gasteiger partial charge in [-0.2, -0.15) is 4.98 Å². The predicted octanol–water partition coefficient (Wildman–Crippen LogP) is 2.93. The third kappa shape index (κ3) is 3.48. The van der Waals surface area contributed by atoms with Gasteiger partial charge in [0.05, 0.1) is 0 Å². The van der Waals surface area contributed by atoms with E-state index in [-0.39, 0.29) is 0 Å². The Morgan fingerprint density at radius 2 is 1.91 bits per heavy atom. The lowest BCUT2D eigenvalue weighted by molar-refractivity contribution is 0.312. The number of hydrogen-bond acceptors (Lipinski definition) is 5. The quantitative estimate of drug-likeness (QED) is 0.943. The van der Waals surface area contributed by atoms with Gasteiger partial charge in [0.15, 0.2) is 0 Å². The van der Waals surface area contributed by atoms with Crippen LogP contribution in [0.2, 0.25) is 5.02 Å². The van der Waals surface area contributed by atoms with Crippen LogP contribution in [0, 0.1) is 6.92 Å². The average molecular weight is 318 g/mol. The molecule has 1 aliphatic heterocycles. The summed E-state index contributed by atoms with van der Waals surface area (Å²) in [5, 5.41) is 3.95. The first-order chi connectivity index (χ1) is 10.6. The van der Waals surface area contributed by atoms with E-state index in [1.54, 1.807) is 6.20 Å². The van der Waals surface area contributed by atoms with Gasteiger partial charge in [0.2, 0.25) is 5.95 Å². The summed E-state index contributed by atoms with van der Waals surface area (Å²) >= 11 is 6.15. The van der Waals surface area contributed by atoms with Gasteiger partial charge in [-0.1, -0.05) is 17.7 Å². The van der Waals surface area contributed by atoms with Crippen LogP contribution in [-0.2, 0) is 0 Å². The summed E-state index contributed by atoms with van der Waals surface area (Å²) in [7, 11) is 2.14. The highest BCUT2D eigenvalue weighted by atomic mass is 35.5. The first-order valence-corrected chi connectivity index (χ1v) is 7.79. The van der Waals surface area contributed by atoms with Crippen LogP contribution in [0.15, 0.2) is 30.5 Å². The number of nitrogens with zero attached hydrogens (tertiary/aromatic N) is 4. The van der Waals surface area contributed by atoms with Gasteiger partial charge in [-0.05, 0) is 37.7 Å². The van der Waals surface area contributed by atoms with E-state index in [0.29, 0.717) is 5.95 Å². The van der Waals surface area contributed by atoms with Gasteiger partial charge in [-0.15, -0.1) is 0 Å². The number of halogens is 1. The van der Waals surface area contributed by atoms with E-state index in [0.717, 1.165) is 48.3 Å². The van der Waals surface area contributed by atoms with Crippen LogP contribution in [0.1, 0.15) is 5.56 Å². The summed E-state index contributed by atoms with van der Waals surface area (Å²) in [4.78, 5) is 13.5. The smallest absolute Gasteiger partial charge is 0.229 e. The van der Waals surface area contributed by atoms with E-state index >= 15 is 0 Å². The standard InChI is InChI=1S/C16H20ClN5/c1-12-3-4-13(11-14(12)17)19-16-18-6-5-15(20-16)22-9-7-21(2)8-10-22/h3-6,11H,7-10H2,1-2H3,(H,18,19,20). The number of benzene rings is 1. The number of anilines is 3. The monoisotopic (exact) mass is 317 g/mol. The minimum absolute atomic E-state index is 0.594. The molecule has 0 bridgehead atoms. The van der Waals surface area contributed by atoms with Crippen LogP contribution in [0.25, 0.3) is 0 Å². The van der Waals surface area contributed by atoms with E-state index in [1.807, 2.05) is 31.2 Å². The number of aryl methyl sites for hydroxylation is 1. The molecule has 0 saturated carbocycles. The Kier molecular flexibility index (Phi) is 4.45. The molecule has 1 fully saturated rings. The van der Waals surface area contributed by atoms with Crippen LogP contribution in [0.3, 0.4) is 0 Å². The largest absolute Gasteiger partial charge is 0.354 e. The fourth-order valence-corrected chi connectivity index (χ4v) is 2.60. The van der Waals surface area contributed by atoms with Crippen molar-refractivity contribution in [2.75, 3.05) is 43.4 Å². The predicted molar refractivity (Wildman–Crippen MR) is 91.2 cm³/mol. The van der Waals surface area contributed by atoms with Crippen molar-refractivity contribution in [2.45, 2.75) is 6.92 Å². The molecule has 5 nitrogen and oxygen atoms in total. The van der Waals surface area contributed by atoms with E-state index in [2.05, 4.69) is 32.1 Å². The van der Waals surface area contributed by atoms with E-state index in [1.165, 1.54) is 0 Å². The molecule has 116 valence electrons. The first kappa shape index (κ1) is 15.1. The summed E-state index contributed by atoms with van der Waals surface area (Å²) in [5.74, 6) is 1.56. The van der Waals surface area contributed by atoms with Gasteiger partial charge in [-0.3, -0.25) is 0 Å². The molecule has 3 rings (SSSR count). The summed E-state index contributed by atoms with van der Waals surface area (Å²) in [6.45, 7) is 6.07. The van der Waals surface area contributed by atoms with Crippen molar-refractivity contribution < 1.29 is 0 Å². The lowest BCUT2D eigenvalue weighted by Gasteiger charge is -2.33. The Labute approximate surface area is 135 Å². The second-order valence-corrected chi connectivity index (χ2v) is 6.02. The second-order valence-electron chi connectivity index (χ2n) is 5.62. The van der Waals surface area contributed by atoms with Crippen molar-refractivity contribution in [3.8, 4) is 0 Å². The van der Waals surface area contributed by atoms with E-state index < -0.39 is 0 Å². The zero-order chi connectivity index (χ0) is 15.5. The average Bonchev–Trinajstić information content (AvgIpc) is 2.52. The zero-order valence-electron chi connectivity index (χ0n) is 12.9. The highest BCUT2D eigenvalue weighted by Gasteiger charge is 2.15. The molecule has 2 aromatic rings. The fourth-order valence-electron chi connectivity index (χ4n) is 2.42. The Hall–Kier alpha value is -1.85. The van der Waals surface area contributed by atoms with Gasteiger partial charge in [-0.25, -0.2) is 4.98 Å². The lowest BCUT2D eigenvalue weighted by Crippen LogP contribution is -2.44. The van der Waals surface area contributed by atoms with Crippen LogP contribution < -0.4 is 10.2 Å². The van der Waals surface area contributed by atoms with Crippen LogP contribution in [0.4, 0.5) is 17.5 Å². The van der Waals surface area contributed by atoms with E-state index in [4.69, 9.17) is 11.6 Å². The third-order valence-electron chi connectivity index (χ3n) is 3.90. The van der Waals surface area contributed by atoms with Gasteiger partial charge in [0.1, 0.15) is 5.82 Å². The van der Waals surface area contributed by atoms with Crippen LogP contribution >= 0.6 is 11.6 Å². The molecule has 0 unspecified atom stereocenters. The van der Waals surface area contributed by atoms with Crippen molar-refractivity contribution >= 4 is 29.1 Å². The molecule has 22 heavy (non-hydrogen) atoms. The van der Waals surface area contributed by atoms with Crippen molar-refractivity contribution in [1.82, 2.24) is 14.9 Å². The molecule has 1 saturated heterocycles. The Morgan fingerprint density at radius 3 is 2.64 bits per heavy atom. The minimum atomic E-state index is 0.594. The molecule has 0 atom stereocenters. The van der Waals surface area contributed by atoms with Crippen molar-refractivity contribution in [2.24, 2.45) is 0 Å². The molecule has 0 amide bonds. The molecule has 0 aliphatic carbocycles. The second kappa shape index (κ2) is 6.50. The number of likely N-dealkylation sites (N-methyl/N-ethyl adjacent to an activating group) is 1. The van der Waals surface area contributed by atoms with Crippen molar-refractivity contribution in [3.05, 3.63) is 41.0 Å².